The summed E-state index contributed by atoms with van der Waals surface area (Å²) in [6.07, 6.45) is -0.800. The van der Waals surface area contributed by atoms with E-state index in [9.17, 15) is 8.09 Å². The van der Waals surface area contributed by atoms with Gasteiger partial charge in [0.2, 0.25) is 0 Å². The molecule has 6 nitrogen and oxygen atoms in total. The van der Waals surface area contributed by atoms with Crippen molar-refractivity contribution in [2.24, 2.45) is 4.36 Å². The van der Waals surface area contributed by atoms with E-state index >= 15 is 0 Å². The van der Waals surface area contributed by atoms with Gasteiger partial charge in [0.1, 0.15) is 24.4 Å². The lowest BCUT2D eigenvalue weighted by molar-refractivity contribution is -0.203. The van der Waals surface area contributed by atoms with Gasteiger partial charge in [-0.15, -0.1) is 3.89 Å². The fourth-order valence-corrected chi connectivity index (χ4v) is 4.79. The highest BCUT2D eigenvalue weighted by atomic mass is 32.3. The largest absolute Gasteiger partial charge is 0.374 e. The van der Waals surface area contributed by atoms with E-state index in [1.807, 2.05) is 91.0 Å². The van der Waals surface area contributed by atoms with Crippen molar-refractivity contribution in [3.8, 4) is 0 Å². The van der Waals surface area contributed by atoms with Crippen LogP contribution in [0.15, 0.2) is 95.4 Å². The van der Waals surface area contributed by atoms with Gasteiger partial charge in [-0.2, -0.15) is 0 Å². The standard InChI is InChI=1S/C28H32FNO5S/c1-36(29,31)30-25-20-33-26(21-32-17-22-11-5-2-6-12-22)28(35-19-24-15-9-4-10-16-24)27(25)34-18-23-13-7-3-8-14-23/h2-16,25-28H,17-21H2,1H3/t25-,26?,27?,28?,36?/m1/s1. The van der Waals surface area contributed by atoms with Crippen LogP contribution >= 0.6 is 0 Å². The summed E-state index contributed by atoms with van der Waals surface area (Å²) in [7, 11) is -3.87. The third-order valence-corrected chi connectivity index (χ3v) is 6.49. The summed E-state index contributed by atoms with van der Waals surface area (Å²) >= 11 is 0. The molecule has 5 atom stereocenters. The van der Waals surface area contributed by atoms with Gasteiger partial charge in [0, 0.05) is 6.26 Å². The van der Waals surface area contributed by atoms with Gasteiger partial charge in [-0.3, -0.25) is 0 Å². The fraction of sp³-hybridized carbons (Fsp3) is 0.357. The van der Waals surface area contributed by atoms with Crippen molar-refractivity contribution >= 4 is 10.1 Å². The zero-order valence-electron chi connectivity index (χ0n) is 20.3. The highest BCUT2D eigenvalue weighted by molar-refractivity contribution is 7.87. The third-order valence-electron chi connectivity index (χ3n) is 5.84. The Kier molecular flexibility index (Phi) is 9.60. The van der Waals surface area contributed by atoms with Crippen LogP contribution in [0.1, 0.15) is 16.7 Å². The van der Waals surface area contributed by atoms with E-state index in [4.69, 9.17) is 18.9 Å². The van der Waals surface area contributed by atoms with Gasteiger partial charge in [0.05, 0.1) is 33.0 Å². The van der Waals surface area contributed by atoms with Gasteiger partial charge < -0.3 is 18.9 Å². The molecule has 0 aliphatic carbocycles. The molecule has 36 heavy (non-hydrogen) atoms. The highest BCUT2D eigenvalue weighted by Gasteiger charge is 2.43. The predicted octanol–water partition coefficient (Wildman–Crippen LogP) is 5.12. The molecule has 4 unspecified atom stereocenters. The van der Waals surface area contributed by atoms with Crippen molar-refractivity contribution in [3.63, 3.8) is 0 Å². The number of rotatable bonds is 11. The van der Waals surface area contributed by atoms with Crippen LogP contribution in [0.5, 0.6) is 0 Å². The monoisotopic (exact) mass is 513 g/mol. The van der Waals surface area contributed by atoms with Crippen molar-refractivity contribution < 1.29 is 27.0 Å². The minimum atomic E-state index is -3.87. The topological polar surface area (TPSA) is 66.4 Å². The Morgan fingerprint density at radius 2 is 1.28 bits per heavy atom. The summed E-state index contributed by atoms with van der Waals surface area (Å²) in [4.78, 5) is 0. The molecular weight excluding hydrogens is 481 g/mol. The van der Waals surface area contributed by atoms with Crippen LogP contribution in [-0.2, 0) is 48.9 Å². The first-order chi connectivity index (χ1) is 17.5. The van der Waals surface area contributed by atoms with E-state index < -0.39 is 34.5 Å². The molecule has 1 saturated heterocycles. The summed E-state index contributed by atoms with van der Waals surface area (Å²) in [5.41, 5.74) is 2.98. The zero-order chi connectivity index (χ0) is 25.2. The van der Waals surface area contributed by atoms with Crippen molar-refractivity contribution in [2.75, 3.05) is 19.5 Å². The van der Waals surface area contributed by atoms with Crippen LogP contribution in [0.3, 0.4) is 0 Å². The minimum Gasteiger partial charge on any atom is -0.374 e. The first kappa shape index (κ1) is 26.4. The molecule has 1 aliphatic heterocycles. The number of halogens is 1. The van der Waals surface area contributed by atoms with Crippen LogP contribution in [-0.4, -0.2) is 48.0 Å². The molecule has 0 spiro atoms. The van der Waals surface area contributed by atoms with Gasteiger partial charge in [0.15, 0.2) is 10.1 Å². The number of hydrogen-bond donors (Lipinski definition) is 0. The smallest absolute Gasteiger partial charge is 0.199 e. The first-order valence-electron chi connectivity index (χ1n) is 11.9. The van der Waals surface area contributed by atoms with Crippen LogP contribution in [0, 0.1) is 0 Å². The summed E-state index contributed by atoms with van der Waals surface area (Å²) in [5, 5.41) is 0. The molecule has 1 aliphatic rings. The van der Waals surface area contributed by atoms with Crippen molar-refractivity contribution in [2.45, 2.75) is 44.2 Å². The second kappa shape index (κ2) is 13.1. The second-order valence-electron chi connectivity index (χ2n) is 8.78. The number of benzene rings is 3. The molecule has 3 aromatic rings. The molecule has 0 N–H and O–H groups in total. The van der Waals surface area contributed by atoms with Crippen LogP contribution in [0.2, 0.25) is 0 Å². The summed E-state index contributed by atoms with van der Waals surface area (Å²) < 4.78 is 54.7. The number of hydrogen-bond acceptors (Lipinski definition) is 6. The van der Waals surface area contributed by atoms with Crippen molar-refractivity contribution in [3.05, 3.63) is 108 Å². The SMILES string of the molecule is CS(=O)(F)=N[C@@H]1COC(COCc2ccccc2)C(OCc2ccccc2)C1OCc1ccccc1. The molecule has 0 saturated carbocycles. The molecule has 0 aromatic heterocycles. The molecule has 8 heteroatoms. The lowest BCUT2D eigenvalue weighted by Gasteiger charge is -2.40. The summed E-state index contributed by atoms with van der Waals surface area (Å²) in [5.74, 6) is 0. The maximum Gasteiger partial charge on any atom is 0.199 e. The van der Waals surface area contributed by atoms with Gasteiger partial charge in [-0.1, -0.05) is 91.0 Å². The van der Waals surface area contributed by atoms with E-state index in [1.54, 1.807) is 0 Å². The molecule has 1 heterocycles. The van der Waals surface area contributed by atoms with E-state index in [-0.39, 0.29) is 19.8 Å². The van der Waals surface area contributed by atoms with E-state index in [0.29, 0.717) is 13.2 Å². The first-order valence-corrected chi connectivity index (χ1v) is 13.8. The number of ether oxygens (including phenoxy) is 4. The Balaban J connectivity index is 1.54. The molecule has 0 amide bonds. The average molecular weight is 514 g/mol. The third kappa shape index (κ3) is 8.21. The molecule has 4 rings (SSSR count). The van der Waals surface area contributed by atoms with Gasteiger partial charge >= 0.3 is 0 Å². The van der Waals surface area contributed by atoms with Gasteiger partial charge in [-0.25, -0.2) is 8.57 Å². The Morgan fingerprint density at radius 1 is 0.806 bits per heavy atom. The van der Waals surface area contributed by atoms with Gasteiger partial charge in [-0.05, 0) is 16.7 Å². The maximum atomic E-state index is 14.2. The molecule has 0 radical (unpaired) electrons. The Hall–Kier alpha value is -2.62. The average Bonchev–Trinajstić information content (AvgIpc) is 2.88. The lowest BCUT2D eigenvalue weighted by Crippen LogP contribution is -2.56. The van der Waals surface area contributed by atoms with E-state index in [0.717, 1.165) is 22.9 Å². The van der Waals surface area contributed by atoms with E-state index in [2.05, 4.69) is 4.36 Å². The molecular formula is C28H32FNO5S. The summed E-state index contributed by atoms with van der Waals surface area (Å²) in [6.45, 7) is 1.31. The summed E-state index contributed by atoms with van der Waals surface area (Å²) in [6, 6.07) is 28.5. The van der Waals surface area contributed by atoms with Crippen molar-refractivity contribution in [1.29, 1.82) is 0 Å². The molecule has 1 fully saturated rings. The highest BCUT2D eigenvalue weighted by Crippen LogP contribution is 2.27. The Labute approximate surface area is 212 Å². The zero-order valence-corrected chi connectivity index (χ0v) is 21.1. The second-order valence-corrected chi connectivity index (χ2v) is 10.4. The normalized spacial score (nSPS) is 23.6. The lowest BCUT2D eigenvalue weighted by atomic mass is 9.98. The van der Waals surface area contributed by atoms with Gasteiger partial charge in [0.25, 0.3) is 0 Å². The molecule has 3 aromatic carbocycles. The number of nitrogens with zero attached hydrogens (tertiary/aromatic N) is 1. The minimum absolute atomic E-state index is 0.0543. The van der Waals surface area contributed by atoms with Crippen molar-refractivity contribution in [1.82, 2.24) is 0 Å². The fourth-order valence-electron chi connectivity index (χ4n) is 4.13. The van der Waals surface area contributed by atoms with E-state index in [1.165, 1.54) is 0 Å². The van der Waals surface area contributed by atoms with Crippen LogP contribution < -0.4 is 0 Å². The quantitative estimate of drug-likeness (QED) is 0.333. The molecule has 192 valence electrons. The molecule has 0 bridgehead atoms. The van der Waals surface area contributed by atoms with Crippen LogP contribution in [0.4, 0.5) is 3.89 Å². The maximum absolute atomic E-state index is 14.2. The Bertz CT molecular complexity index is 1160. The van der Waals surface area contributed by atoms with Crippen LogP contribution in [0.25, 0.3) is 0 Å². The predicted molar refractivity (Wildman–Crippen MR) is 137 cm³/mol. The Morgan fingerprint density at radius 3 is 1.78 bits per heavy atom.